The molecule has 0 saturated carbocycles. The van der Waals surface area contributed by atoms with Crippen molar-refractivity contribution in [2.24, 2.45) is 7.05 Å². The number of aromatic nitrogens is 5. The summed E-state index contributed by atoms with van der Waals surface area (Å²) in [7, 11) is 1.95. The molecule has 0 fully saturated rings. The van der Waals surface area contributed by atoms with Crippen molar-refractivity contribution < 1.29 is 0 Å². The van der Waals surface area contributed by atoms with E-state index in [-0.39, 0.29) is 6.04 Å². The first-order chi connectivity index (χ1) is 8.22. The molecule has 0 saturated heterocycles. The Morgan fingerprint density at radius 3 is 2.94 bits per heavy atom. The highest BCUT2D eigenvalue weighted by Crippen LogP contribution is 2.10. The SMILES string of the molecule is CCn1cnnc1CNC(C)c1ccnn1C. The fourth-order valence-electron chi connectivity index (χ4n) is 1.84. The first-order valence-electron chi connectivity index (χ1n) is 5.80. The number of aryl methyl sites for hydroxylation is 2. The third-order valence-corrected chi connectivity index (χ3v) is 2.91. The van der Waals surface area contributed by atoms with E-state index in [0.717, 1.165) is 18.1 Å². The van der Waals surface area contributed by atoms with Crippen molar-refractivity contribution in [3.63, 3.8) is 0 Å². The Balaban J connectivity index is 1.97. The number of hydrogen-bond donors (Lipinski definition) is 1. The lowest BCUT2D eigenvalue weighted by Gasteiger charge is -2.13. The molecule has 0 aliphatic heterocycles. The van der Waals surface area contributed by atoms with E-state index in [1.165, 1.54) is 0 Å². The van der Waals surface area contributed by atoms with Crippen molar-refractivity contribution in [1.82, 2.24) is 29.9 Å². The molecule has 6 heteroatoms. The van der Waals surface area contributed by atoms with Gasteiger partial charge in [0.25, 0.3) is 0 Å². The highest BCUT2D eigenvalue weighted by molar-refractivity contribution is 5.05. The molecular formula is C11H18N6. The van der Waals surface area contributed by atoms with Gasteiger partial charge in [-0.1, -0.05) is 0 Å². The predicted octanol–water partition coefficient (Wildman–Crippen LogP) is 0.882. The van der Waals surface area contributed by atoms with Gasteiger partial charge in [-0.15, -0.1) is 10.2 Å². The minimum atomic E-state index is 0.240. The fraction of sp³-hybridized carbons (Fsp3) is 0.545. The predicted molar refractivity (Wildman–Crippen MR) is 64.2 cm³/mol. The summed E-state index contributed by atoms with van der Waals surface area (Å²) in [5, 5.41) is 15.6. The minimum absolute atomic E-state index is 0.240. The second kappa shape index (κ2) is 5.09. The third kappa shape index (κ3) is 2.52. The van der Waals surface area contributed by atoms with Crippen LogP contribution in [-0.4, -0.2) is 24.5 Å². The van der Waals surface area contributed by atoms with Crippen LogP contribution in [0.5, 0.6) is 0 Å². The molecule has 0 aromatic carbocycles. The van der Waals surface area contributed by atoms with Gasteiger partial charge in [-0.2, -0.15) is 5.10 Å². The third-order valence-electron chi connectivity index (χ3n) is 2.91. The molecule has 17 heavy (non-hydrogen) atoms. The fourth-order valence-corrected chi connectivity index (χ4v) is 1.84. The average Bonchev–Trinajstić information content (AvgIpc) is 2.94. The lowest BCUT2D eigenvalue weighted by Crippen LogP contribution is -2.22. The van der Waals surface area contributed by atoms with Crippen molar-refractivity contribution in [3.8, 4) is 0 Å². The molecule has 0 radical (unpaired) electrons. The highest BCUT2D eigenvalue weighted by atomic mass is 15.3. The monoisotopic (exact) mass is 234 g/mol. The van der Waals surface area contributed by atoms with Gasteiger partial charge in [-0.25, -0.2) is 0 Å². The maximum Gasteiger partial charge on any atom is 0.146 e. The Labute approximate surface area is 101 Å². The Kier molecular flexibility index (Phi) is 3.53. The number of hydrogen-bond acceptors (Lipinski definition) is 4. The average molecular weight is 234 g/mol. The van der Waals surface area contributed by atoms with Gasteiger partial charge in [-0.05, 0) is 19.9 Å². The van der Waals surface area contributed by atoms with Crippen LogP contribution in [0, 0.1) is 0 Å². The van der Waals surface area contributed by atoms with Crippen molar-refractivity contribution in [1.29, 1.82) is 0 Å². The van der Waals surface area contributed by atoms with Crippen LogP contribution in [0.3, 0.4) is 0 Å². The quantitative estimate of drug-likeness (QED) is 0.834. The number of nitrogens with one attached hydrogen (secondary N) is 1. The van der Waals surface area contributed by atoms with E-state index in [1.54, 1.807) is 6.33 Å². The molecule has 2 rings (SSSR count). The van der Waals surface area contributed by atoms with E-state index < -0.39 is 0 Å². The second-order valence-corrected chi connectivity index (χ2v) is 4.02. The Morgan fingerprint density at radius 2 is 2.29 bits per heavy atom. The van der Waals surface area contributed by atoms with Crippen molar-refractivity contribution in [2.45, 2.75) is 33.0 Å². The van der Waals surface area contributed by atoms with E-state index >= 15 is 0 Å². The molecule has 0 bridgehead atoms. The first-order valence-corrected chi connectivity index (χ1v) is 5.80. The van der Waals surface area contributed by atoms with Crippen LogP contribution in [0.2, 0.25) is 0 Å². The molecule has 0 aliphatic carbocycles. The van der Waals surface area contributed by atoms with Crippen LogP contribution in [0.15, 0.2) is 18.6 Å². The van der Waals surface area contributed by atoms with Gasteiger partial charge in [-0.3, -0.25) is 4.68 Å². The van der Waals surface area contributed by atoms with Gasteiger partial charge in [0.05, 0.1) is 12.2 Å². The van der Waals surface area contributed by atoms with E-state index in [9.17, 15) is 0 Å². The van der Waals surface area contributed by atoms with Crippen molar-refractivity contribution in [3.05, 3.63) is 30.1 Å². The van der Waals surface area contributed by atoms with Gasteiger partial charge in [0.1, 0.15) is 12.2 Å². The van der Waals surface area contributed by atoms with Crippen molar-refractivity contribution in [2.75, 3.05) is 0 Å². The summed E-state index contributed by atoms with van der Waals surface area (Å²) in [5.74, 6) is 0.960. The van der Waals surface area contributed by atoms with E-state index in [1.807, 2.05) is 28.6 Å². The van der Waals surface area contributed by atoms with Crippen molar-refractivity contribution >= 4 is 0 Å². The molecule has 2 aromatic heterocycles. The second-order valence-electron chi connectivity index (χ2n) is 4.02. The molecule has 92 valence electrons. The lowest BCUT2D eigenvalue weighted by molar-refractivity contribution is 0.508. The normalized spacial score (nSPS) is 12.9. The maximum atomic E-state index is 4.16. The Bertz CT molecular complexity index is 472. The first kappa shape index (κ1) is 11.8. The number of nitrogens with zero attached hydrogens (tertiary/aromatic N) is 5. The van der Waals surface area contributed by atoms with Gasteiger partial charge in [0.2, 0.25) is 0 Å². The zero-order chi connectivity index (χ0) is 12.3. The lowest BCUT2D eigenvalue weighted by atomic mass is 10.2. The van der Waals surface area contributed by atoms with E-state index in [2.05, 4.69) is 34.5 Å². The van der Waals surface area contributed by atoms with Gasteiger partial charge in [0.15, 0.2) is 0 Å². The molecule has 6 nitrogen and oxygen atoms in total. The molecule has 0 amide bonds. The van der Waals surface area contributed by atoms with Gasteiger partial charge >= 0.3 is 0 Å². The number of rotatable bonds is 5. The van der Waals surface area contributed by atoms with Gasteiger partial charge in [0, 0.05) is 25.8 Å². The molecule has 2 aromatic rings. The summed E-state index contributed by atoms with van der Waals surface area (Å²) in [6, 6.07) is 2.26. The van der Waals surface area contributed by atoms with Crippen LogP contribution in [0.1, 0.15) is 31.4 Å². The Morgan fingerprint density at radius 1 is 1.47 bits per heavy atom. The van der Waals surface area contributed by atoms with E-state index in [0.29, 0.717) is 6.54 Å². The smallest absolute Gasteiger partial charge is 0.146 e. The van der Waals surface area contributed by atoms with Crippen LogP contribution >= 0.6 is 0 Å². The van der Waals surface area contributed by atoms with Crippen LogP contribution < -0.4 is 5.32 Å². The summed E-state index contributed by atoms with van der Waals surface area (Å²) < 4.78 is 3.91. The van der Waals surface area contributed by atoms with Gasteiger partial charge < -0.3 is 9.88 Å². The van der Waals surface area contributed by atoms with Crippen LogP contribution in [0.25, 0.3) is 0 Å². The van der Waals surface area contributed by atoms with Crippen LogP contribution in [-0.2, 0) is 20.1 Å². The summed E-state index contributed by atoms with van der Waals surface area (Å²) in [6.07, 6.45) is 3.56. The van der Waals surface area contributed by atoms with E-state index in [4.69, 9.17) is 0 Å². The summed E-state index contributed by atoms with van der Waals surface area (Å²) in [4.78, 5) is 0. The molecule has 0 aliphatic rings. The summed E-state index contributed by atoms with van der Waals surface area (Å²) in [5.41, 5.74) is 1.16. The Hall–Kier alpha value is -1.69. The molecule has 0 spiro atoms. The molecule has 1 unspecified atom stereocenters. The highest BCUT2D eigenvalue weighted by Gasteiger charge is 2.10. The zero-order valence-corrected chi connectivity index (χ0v) is 10.5. The summed E-state index contributed by atoms with van der Waals surface area (Å²) >= 11 is 0. The summed E-state index contributed by atoms with van der Waals surface area (Å²) in [6.45, 7) is 5.80. The molecule has 1 atom stereocenters. The van der Waals surface area contributed by atoms with Crippen LogP contribution in [0.4, 0.5) is 0 Å². The minimum Gasteiger partial charge on any atom is -0.317 e. The zero-order valence-electron chi connectivity index (χ0n) is 10.5. The maximum absolute atomic E-state index is 4.16. The standard InChI is InChI=1S/C11H18N6/c1-4-17-8-13-15-11(17)7-12-9(2)10-5-6-14-16(10)3/h5-6,8-9,12H,4,7H2,1-3H3. The molecule has 2 heterocycles. The topological polar surface area (TPSA) is 60.6 Å². The largest absolute Gasteiger partial charge is 0.317 e. The molecular weight excluding hydrogens is 216 g/mol. The molecule has 1 N–H and O–H groups in total.